The van der Waals surface area contributed by atoms with Gasteiger partial charge in [0.25, 0.3) is 11.1 Å². The summed E-state index contributed by atoms with van der Waals surface area (Å²) in [6, 6.07) is 13.9. The van der Waals surface area contributed by atoms with E-state index in [9.17, 15) is 19.2 Å². The molecule has 0 fully saturated rings. The normalized spacial score (nSPS) is 10.3. The lowest BCUT2D eigenvalue weighted by atomic mass is 10.2. The lowest BCUT2D eigenvalue weighted by molar-refractivity contribution is 0.271. The third-order valence-electron chi connectivity index (χ3n) is 4.70. The first kappa shape index (κ1) is 26.0. The second-order valence-electron chi connectivity index (χ2n) is 6.79. The van der Waals surface area contributed by atoms with Crippen LogP contribution in [0, 0.1) is 0 Å². The molecule has 10 nitrogen and oxygen atoms in total. The average molecular weight is 521 g/mol. The van der Waals surface area contributed by atoms with Gasteiger partial charge in [-0.15, -0.1) is 0 Å². The first-order valence-electron chi connectivity index (χ1n) is 9.92. The van der Waals surface area contributed by atoms with E-state index in [2.05, 4.69) is 20.9 Å². The first-order valence-corrected chi connectivity index (χ1v) is 11.0. The van der Waals surface area contributed by atoms with E-state index in [1.54, 1.807) is 62.6 Å². The van der Waals surface area contributed by atoms with Crippen LogP contribution in [-0.4, -0.2) is 47.4 Å². The summed E-state index contributed by atoms with van der Waals surface area (Å²) in [5, 5.41) is 18.4. The number of hydrogen-bond donors (Lipinski definition) is 3. The van der Waals surface area contributed by atoms with Crippen LogP contribution in [0.25, 0.3) is 21.8 Å². The van der Waals surface area contributed by atoms with Gasteiger partial charge < -0.3 is 10.2 Å². The van der Waals surface area contributed by atoms with Crippen LogP contribution in [0.4, 0.5) is 0 Å². The van der Waals surface area contributed by atoms with Gasteiger partial charge in [-0.25, -0.2) is 9.59 Å². The summed E-state index contributed by atoms with van der Waals surface area (Å²) in [5.41, 5.74) is -0.226. The number of fused-ring (bicyclic) bond motifs is 2. The molecule has 0 bridgehead atoms. The summed E-state index contributed by atoms with van der Waals surface area (Å²) in [5.74, 6) is 0. The van der Waals surface area contributed by atoms with Crippen molar-refractivity contribution in [3.63, 3.8) is 0 Å². The zero-order chi connectivity index (χ0) is 24.5. The summed E-state index contributed by atoms with van der Waals surface area (Å²) in [4.78, 5) is 48.4. The molecular formula is C22H25BrN4O6. The number of aliphatic hydroxyl groups is 2. The van der Waals surface area contributed by atoms with Crippen molar-refractivity contribution in [1.82, 2.24) is 18.7 Å². The lowest BCUT2D eigenvalue weighted by Gasteiger charge is -2.08. The smallest absolute Gasteiger partial charge is 0.331 e. The molecule has 33 heavy (non-hydrogen) atoms. The Hall–Kier alpha value is -3.28. The van der Waals surface area contributed by atoms with Crippen molar-refractivity contribution in [1.29, 1.82) is 0 Å². The Bertz CT molecular complexity index is 1470. The summed E-state index contributed by atoms with van der Waals surface area (Å²) in [6.45, 7) is 0.0316. The monoisotopic (exact) mass is 520 g/mol. The number of nitrogens with zero attached hydrogens (tertiary/aromatic N) is 3. The minimum absolute atomic E-state index is 0.0241. The zero-order valence-electron chi connectivity index (χ0n) is 18.2. The van der Waals surface area contributed by atoms with Crippen LogP contribution in [0.15, 0.2) is 67.7 Å². The Morgan fingerprint density at radius 1 is 0.818 bits per heavy atom. The van der Waals surface area contributed by atoms with Crippen molar-refractivity contribution in [2.75, 3.05) is 18.5 Å². The van der Waals surface area contributed by atoms with Gasteiger partial charge in [0, 0.05) is 19.4 Å². The number of aromatic amines is 1. The number of benzene rings is 2. The fourth-order valence-electron chi connectivity index (χ4n) is 3.08. The van der Waals surface area contributed by atoms with Crippen molar-refractivity contribution < 1.29 is 10.2 Å². The van der Waals surface area contributed by atoms with Crippen LogP contribution in [0.2, 0.25) is 0 Å². The van der Waals surface area contributed by atoms with Crippen LogP contribution < -0.4 is 22.5 Å². The van der Waals surface area contributed by atoms with E-state index in [1.165, 1.54) is 9.13 Å². The van der Waals surface area contributed by atoms with Crippen LogP contribution in [-0.2, 0) is 20.6 Å². The number of aromatic nitrogens is 4. The molecule has 176 valence electrons. The maximum absolute atomic E-state index is 11.9. The van der Waals surface area contributed by atoms with Gasteiger partial charge in [0.15, 0.2) is 0 Å². The molecule has 0 unspecified atom stereocenters. The maximum Gasteiger partial charge on any atom is 0.331 e. The van der Waals surface area contributed by atoms with Gasteiger partial charge in [-0.3, -0.25) is 28.3 Å². The van der Waals surface area contributed by atoms with E-state index in [0.29, 0.717) is 27.1 Å². The largest absolute Gasteiger partial charge is 0.396 e. The average Bonchev–Trinajstić information content (AvgIpc) is 2.84. The summed E-state index contributed by atoms with van der Waals surface area (Å²) >= 11 is 3.00. The van der Waals surface area contributed by atoms with Gasteiger partial charge >= 0.3 is 11.4 Å². The number of hydrogen-bond acceptors (Lipinski definition) is 6. The third kappa shape index (κ3) is 5.95. The molecule has 0 radical (unpaired) electrons. The molecule has 0 aliphatic carbocycles. The molecule has 2 heterocycles. The Labute approximate surface area is 196 Å². The molecule has 0 saturated heterocycles. The highest BCUT2D eigenvalue weighted by Crippen LogP contribution is 2.05. The molecule has 2 aromatic carbocycles. The molecule has 4 rings (SSSR count). The number of aryl methyl sites for hydroxylation is 2. The molecule has 0 aliphatic heterocycles. The number of rotatable bonds is 3. The second kappa shape index (κ2) is 12.1. The molecule has 0 amide bonds. The Kier molecular flexibility index (Phi) is 9.52. The van der Waals surface area contributed by atoms with Crippen LogP contribution in [0.5, 0.6) is 0 Å². The molecule has 0 atom stereocenters. The van der Waals surface area contributed by atoms with Gasteiger partial charge in [-0.1, -0.05) is 40.2 Å². The fourth-order valence-corrected chi connectivity index (χ4v) is 3.08. The molecule has 0 spiro atoms. The number of H-pyrrole nitrogens is 1. The lowest BCUT2D eigenvalue weighted by Crippen LogP contribution is -2.39. The molecule has 11 heteroatoms. The fraction of sp³-hybridized carbons (Fsp3) is 0.273. The van der Waals surface area contributed by atoms with Gasteiger partial charge in [0.05, 0.1) is 41.6 Å². The van der Waals surface area contributed by atoms with E-state index in [-0.39, 0.29) is 36.6 Å². The van der Waals surface area contributed by atoms with Crippen LogP contribution in [0.1, 0.15) is 0 Å². The SMILES string of the molecule is Cn1c(=O)[nH]c(=O)c2ccccc21.Cn1c(=O)n(CCO)c(=O)c2ccccc21.OCCBr. The minimum Gasteiger partial charge on any atom is -0.396 e. The standard InChI is InChI=1S/C11H12N2O3.C9H8N2O2.C2H5BrO/c1-12-9-5-3-2-4-8(9)10(15)13(6-7-14)11(12)16;1-11-7-5-3-2-4-6(7)8(12)10-9(11)13;3-1-2-4/h2-5,14H,6-7H2,1H3;2-5H,1H3,(H,10,12,13);4H,1-2H2. The summed E-state index contributed by atoms with van der Waals surface area (Å²) < 4.78 is 3.87. The highest BCUT2D eigenvalue weighted by Gasteiger charge is 2.09. The summed E-state index contributed by atoms with van der Waals surface area (Å²) in [7, 11) is 3.23. The van der Waals surface area contributed by atoms with E-state index in [0.717, 1.165) is 4.57 Å². The Morgan fingerprint density at radius 3 is 1.88 bits per heavy atom. The molecule has 2 aromatic heterocycles. The van der Waals surface area contributed by atoms with Crippen molar-refractivity contribution in [3.8, 4) is 0 Å². The van der Waals surface area contributed by atoms with Crippen LogP contribution >= 0.6 is 15.9 Å². The zero-order valence-corrected chi connectivity index (χ0v) is 19.8. The molecule has 3 N–H and O–H groups in total. The molecule has 4 aromatic rings. The van der Waals surface area contributed by atoms with Gasteiger partial charge in [-0.05, 0) is 24.3 Å². The minimum atomic E-state index is -0.405. The molecule has 0 aliphatic rings. The molecular weight excluding hydrogens is 496 g/mol. The number of halogens is 1. The van der Waals surface area contributed by atoms with Crippen molar-refractivity contribution in [3.05, 3.63) is 90.2 Å². The first-order chi connectivity index (χ1) is 15.8. The highest BCUT2D eigenvalue weighted by molar-refractivity contribution is 9.09. The van der Waals surface area contributed by atoms with Gasteiger partial charge in [0.1, 0.15) is 0 Å². The Morgan fingerprint density at radius 2 is 1.33 bits per heavy atom. The third-order valence-corrected chi connectivity index (χ3v) is 5.06. The summed E-state index contributed by atoms with van der Waals surface area (Å²) in [6.07, 6.45) is 0. The Balaban J connectivity index is 0.000000204. The quantitative estimate of drug-likeness (QED) is 0.332. The molecule has 0 saturated carbocycles. The number of aliphatic hydroxyl groups excluding tert-OH is 2. The second-order valence-corrected chi connectivity index (χ2v) is 7.58. The maximum atomic E-state index is 11.9. The number of alkyl halides is 1. The van der Waals surface area contributed by atoms with Gasteiger partial charge in [-0.2, -0.15) is 0 Å². The predicted molar refractivity (Wildman–Crippen MR) is 131 cm³/mol. The highest BCUT2D eigenvalue weighted by atomic mass is 79.9. The topological polar surface area (TPSA) is 139 Å². The van der Waals surface area contributed by atoms with Crippen molar-refractivity contribution in [2.24, 2.45) is 14.1 Å². The van der Waals surface area contributed by atoms with E-state index >= 15 is 0 Å². The van der Waals surface area contributed by atoms with Crippen molar-refractivity contribution in [2.45, 2.75) is 6.54 Å². The van der Waals surface area contributed by atoms with Crippen LogP contribution in [0.3, 0.4) is 0 Å². The van der Waals surface area contributed by atoms with Gasteiger partial charge in [0.2, 0.25) is 0 Å². The number of para-hydroxylation sites is 2. The van der Waals surface area contributed by atoms with E-state index in [4.69, 9.17) is 10.2 Å². The van der Waals surface area contributed by atoms with E-state index in [1.807, 2.05) is 0 Å². The number of nitrogens with one attached hydrogen (secondary N) is 1. The van der Waals surface area contributed by atoms with E-state index < -0.39 is 5.69 Å². The van der Waals surface area contributed by atoms with Crippen molar-refractivity contribution >= 4 is 37.7 Å². The predicted octanol–water partition coefficient (Wildman–Crippen LogP) is 0.293.